The molecule has 0 saturated carbocycles. The Balaban J connectivity index is 1.02. The monoisotopic (exact) mass is 840 g/mol. The minimum absolute atomic E-state index is 0.825. The maximum atomic E-state index is 5.41. The summed E-state index contributed by atoms with van der Waals surface area (Å²) in [7, 11) is 0. The third-order valence-corrected chi connectivity index (χ3v) is 12.6. The smallest absolute Gasteiger partial charge is 0.0972 e. The molecule has 66 heavy (non-hydrogen) atoms. The Hall–Kier alpha value is -9.00. The second-order valence-corrected chi connectivity index (χ2v) is 16.7. The average Bonchev–Trinajstić information content (AvgIpc) is 3.40. The molecule has 0 saturated heterocycles. The normalized spacial score (nSPS) is 11.6. The van der Waals surface area contributed by atoms with Gasteiger partial charge in [0.25, 0.3) is 0 Å². The van der Waals surface area contributed by atoms with Crippen molar-refractivity contribution < 1.29 is 0 Å². The molecule has 7 aromatic carbocycles. The molecule has 13 rings (SSSR count). The Kier molecular flexibility index (Phi) is 8.74. The summed E-state index contributed by atoms with van der Waals surface area (Å²) in [6, 6.07) is 75.6. The van der Waals surface area contributed by atoms with Crippen molar-refractivity contribution in [2.75, 3.05) is 0 Å². The van der Waals surface area contributed by atoms with Gasteiger partial charge in [-0.3, -0.25) is 0 Å². The SMILES string of the molecule is c1ccc(-c2ccc3ccc4ccc(-c5cc(-c6ccc7ccc8ccc(-c9ccccc9)nc8c7n6)cc(-c6ccc7ccc8ccc(-c9ccccc9)nc8c7n6)c5)nc4c3n2)cc1. The van der Waals surface area contributed by atoms with E-state index in [-0.39, 0.29) is 0 Å². The number of hydrogen-bond acceptors (Lipinski definition) is 6. The van der Waals surface area contributed by atoms with Crippen LogP contribution in [-0.2, 0) is 0 Å². The Morgan fingerprint density at radius 3 is 0.561 bits per heavy atom. The second-order valence-electron chi connectivity index (χ2n) is 16.7. The van der Waals surface area contributed by atoms with Gasteiger partial charge in [0.05, 0.1) is 67.3 Å². The van der Waals surface area contributed by atoms with E-state index in [1.807, 2.05) is 54.6 Å². The van der Waals surface area contributed by atoms with Gasteiger partial charge in [-0.1, -0.05) is 164 Å². The van der Waals surface area contributed by atoms with Crippen molar-refractivity contribution >= 4 is 65.4 Å². The summed E-state index contributed by atoms with van der Waals surface area (Å²) in [6.45, 7) is 0. The molecule has 0 unspecified atom stereocenters. The molecule has 6 heteroatoms. The zero-order chi connectivity index (χ0) is 43.6. The van der Waals surface area contributed by atoms with Crippen LogP contribution in [0.2, 0.25) is 0 Å². The molecule has 306 valence electrons. The summed E-state index contributed by atoms with van der Waals surface area (Å²) < 4.78 is 0. The van der Waals surface area contributed by atoms with E-state index in [9.17, 15) is 0 Å². The molecule has 13 aromatic rings. The van der Waals surface area contributed by atoms with Crippen LogP contribution in [0.25, 0.3) is 133 Å². The molecule has 6 aromatic heterocycles. The molecular weight excluding hydrogens is 805 g/mol. The van der Waals surface area contributed by atoms with Gasteiger partial charge in [0.15, 0.2) is 0 Å². The van der Waals surface area contributed by atoms with Crippen LogP contribution >= 0.6 is 0 Å². The van der Waals surface area contributed by atoms with Crippen molar-refractivity contribution in [2.24, 2.45) is 0 Å². The van der Waals surface area contributed by atoms with Crippen LogP contribution in [-0.4, -0.2) is 29.9 Å². The van der Waals surface area contributed by atoms with Crippen LogP contribution in [0.4, 0.5) is 0 Å². The third-order valence-electron chi connectivity index (χ3n) is 12.6. The minimum Gasteiger partial charge on any atom is -0.245 e. The predicted molar refractivity (Wildman–Crippen MR) is 271 cm³/mol. The van der Waals surface area contributed by atoms with Gasteiger partial charge in [-0.25, -0.2) is 29.9 Å². The van der Waals surface area contributed by atoms with Gasteiger partial charge in [-0.05, 0) is 54.6 Å². The first-order valence-corrected chi connectivity index (χ1v) is 22.1. The van der Waals surface area contributed by atoms with Crippen molar-refractivity contribution in [3.05, 3.63) is 218 Å². The number of nitrogens with zero attached hydrogens (tertiary/aromatic N) is 6. The summed E-state index contributed by atoms with van der Waals surface area (Å²) in [5.74, 6) is 0. The van der Waals surface area contributed by atoms with E-state index in [2.05, 4.69) is 164 Å². The second kappa shape index (κ2) is 15.4. The number of hydrogen-bond donors (Lipinski definition) is 0. The predicted octanol–water partition coefficient (Wildman–Crippen LogP) is 15.0. The van der Waals surface area contributed by atoms with E-state index in [1.54, 1.807) is 0 Å². The van der Waals surface area contributed by atoms with Crippen molar-refractivity contribution in [3.63, 3.8) is 0 Å². The summed E-state index contributed by atoms with van der Waals surface area (Å²) in [5.41, 5.74) is 16.3. The maximum absolute atomic E-state index is 5.41. The van der Waals surface area contributed by atoms with E-state index >= 15 is 0 Å². The topological polar surface area (TPSA) is 77.3 Å². The lowest BCUT2D eigenvalue weighted by molar-refractivity contribution is 1.34. The van der Waals surface area contributed by atoms with Gasteiger partial charge in [-0.2, -0.15) is 0 Å². The molecule has 0 amide bonds. The first-order chi connectivity index (χ1) is 32.6. The summed E-state index contributed by atoms with van der Waals surface area (Å²) in [4.78, 5) is 31.8. The highest BCUT2D eigenvalue weighted by atomic mass is 14.8. The lowest BCUT2D eigenvalue weighted by Gasteiger charge is -2.13. The van der Waals surface area contributed by atoms with Gasteiger partial charge < -0.3 is 0 Å². The lowest BCUT2D eigenvalue weighted by atomic mass is 9.97. The largest absolute Gasteiger partial charge is 0.245 e. The standard InChI is InChI=1S/C60H36N6/c1-4-10-37(11-5-1)49-28-22-40-16-19-43-25-31-52(64-58(43)55(40)61-49)46-34-47(53-32-26-44-20-17-41-23-29-50(38-12-6-2-7-13-38)62-56(41)59(44)65-53)36-48(35-46)54-33-27-45-21-18-42-24-30-51(39-14-8-3-9-15-39)63-57(42)60(45)66-54/h1-36H. The molecule has 6 nitrogen and oxygen atoms in total. The molecule has 0 radical (unpaired) electrons. The van der Waals surface area contributed by atoms with Crippen molar-refractivity contribution in [3.8, 4) is 67.5 Å². The van der Waals surface area contributed by atoms with E-state index in [0.29, 0.717) is 0 Å². The van der Waals surface area contributed by atoms with Crippen LogP contribution in [0.15, 0.2) is 218 Å². The number of aromatic nitrogens is 6. The van der Waals surface area contributed by atoms with E-state index < -0.39 is 0 Å². The Morgan fingerprint density at radius 2 is 0.348 bits per heavy atom. The molecule has 0 N–H and O–H groups in total. The molecule has 0 aliphatic rings. The Morgan fingerprint density at radius 1 is 0.167 bits per heavy atom. The van der Waals surface area contributed by atoms with Crippen LogP contribution < -0.4 is 0 Å². The molecule has 0 fully saturated rings. The van der Waals surface area contributed by atoms with Gasteiger partial charge in [-0.15, -0.1) is 0 Å². The first kappa shape index (κ1) is 37.5. The first-order valence-electron chi connectivity index (χ1n) is 22.1. The fourth-order valence-electron chi connectivity index (χ4n) is 9.17. The minimum atomic E-state index is 0.825. The van der Waals surface area contributed by atoms with Crippen LogP contribution in [0, 0.1) is 0 Å². The molecule has 0 spiro atoms. The summed E-state index contributed by atoms with van der Waals surface area (Å²) in [6.07, 6.45) is 0. The van der Waals surface area contributed by atoms with Gasteiger partial charge in [0.2, 0.25) is 0 Å². The van der Waals surface area contributed by atoms with E-state index in [4.69, 9.17) is 29.9 Å². The zero-order valence-electron chi connectivity index (χ0n) is 35.5. The third kappa shape index (κ3) is 6.59. The van der Waals surface area contributed by atoms with Gasteiger partial charge in [0, 0.05) is 65.7 Å². The van der Waals surface area contributed by atoms with Crippen molar-refractivity contribution in [1.82, 2.24) is 29.9 Å². The summed E-state index contributed by atoms with van der Waals surface area (Å²) in [5, 5.41) is 6.18. The van der Waals surface area contributed by atoms with Gasteiger partial charge in [0.1, 0.15) is 0 Å². The highest BCUT2D eigenvalue weighted by molar-refractivity contribution is 6.07. The number of rotatable bonds is 6. The van der Waals surface area contributed by atoms with Crippen LogP contribution in [0.3, 0.4) is 0 Å². The molecule has 0 aliphatic carbocycles. The molecule has 0 bridgehead atoms. The molecule has 6 heterocycles. The number of fused-ring (bicyclic) bond motifs is 9. The van der Waals surface area contributed by atoms with Gasteiger partial charge >= 0.3 is 0 Å². The fraction of sp³-hybridized carbons (Fsp3) is 0. The van der Waals surface area contributed by atoms with E-state index in [1.165, 1.54) is 0 Å². The fourth-order valence-corrected chi connectivity index (χ4v) is 9.17. The summed E-state index contributed by atoms with van der Waals surface area (Å²) >= 11 is 0. The number of pyridine rings is 6. The zero-order valence-corrected chi connectivity index (χ0v) is 35.5. The van der Waals surface area contributed by atoms with Crippen LogP contribution in [0.1, 0.15) is 0 Å². The van der Waals surface area contributed by atoms with Crippen molar-refractivity contribution in [2.45, 2.75) is 0 Å². The Bertz CT molecular complexity index is 3610. The van der Waals surface area contributed by atoms with E-state index in [0.717, 1.165) is 133 Å². The van der Waals surface area contributed by atoms with Crippen molar-refractivity contribution in [1.29, 1.82) is 0 Å². The lowest BCUT2D eigenvalue weighted by Crippen LogP contribution is -1.95. The quantitative estimate of drug-likeness (QED) is 0.155. The molecular formula is C60H36N6. The maximum Gasteiger partial charge on any atom is 0.0972 e. The molecule has 0 atom stereocenters. The van der Waals surface area contributed by atoms with Crippen LogP contribution in [0.5, 0.6) is 0 Å². The molecule has 0 aliphatic heterocycles. The average molecular weight is 841 g/mol. The Labute approximate surface area is 379 Å². The highest BCUT2D eigenvalue weighted by Crippen LogP contribution is 2.37. The number of benzene rings is 7. The highest BCUT2D eigenvalue weighted by Gasteiger charge is 2.16.